The van der Waals surface area contributed by atoms with Crippen molar-refractivity contribution in [3.8, 4) is 6.07 Å². The second-order valence-corrected chi connectivity index (χ2v) is 4.51. The van der Waals surface area contributed by atoms with E-state index < -0.39 is 0 Å². The van der Waals surface area contributed by atoms with Crippen LogP contribution in [0, 0.1) is 11.3 Å². The molecule has 0 amide bonds. The summed E-state index contributed by atoms with van der Waals surface area (Å²) in [5.74, 6) is 0. The van der Waals surface area contributed by atoms with E-state index in [0.29, 0.717) is 23.7 Å². The Morgan fingerprint density at radius 2 is 2.28 bits per heavy atom. The zero-order chi connectivity index (χ0) is 13.0. The molecule has 1 aliphatic carbocycles. The highest BCUT2D eigenvalue weighted by Gasteiger charge is 2.26. The Morgan fingerprint density at radius 3 is 2.78 bits per heavy atom. The highest BCUT2D eigenvalue weighted by molar-refractivity contribution is 5.78. The maximum Gasteiger partial charge on any atom is 0.150 e. The van der Waals surface area contributed by atoms with Gasteiger partial charge in [-0.05, 0) is 37.5 Å². The van der Waals surface area contributed by atoms with Crippen LogP contribution in [-0.2, 0) is 0 Å². The largest absolute Gasteiger partial charge is 0.395 e. The standard InChI is InChI=1S/C14H16N2O2/c15-9-12-8-11(10-18)4-5-14(12)16(6-7-17)13-2-1-3-13/h4-5,8,10,13,17H,1-3,6-7H2. The van der Waals surface area contributed by atoms with Gasteiger partial charge in [-0.25, -0.2) is 0 Å². The van der Waals surface area contributed by atoms with Crippen molar-refractivity contribution in [1.29, 1.82) is 5.26 Å². The second-order valence-electron chi connectivity index (χ2n) is 4.51. The number of aliphatic hydroxyl groups is 1. The molecule has 18 heavy (non-hydrogen) atoms. The lowest BCUT2D eigenvalue weighted by Gasteiger charge is -2.39. The molecule has 1 saturated carbocycles. The minimum Gasteiger partial charge on any atom is -0.395 e. The van der Waals surface area contributed by atoms with Crippen LogP contribution in [0.25, 0.3) is 0 Å². The first-order valence-corrected chi connectivity index (χ1v) is 6.17. The molecule has 4 nitrogen and oxygen atoms in total. The van der Waals surface area contributed by atoms with Crippen LogP contribution < -0.4 is 4.90 Å². The quantitative estimate of drug-likeness (QED) is 0.801. The van der Waals surface area contributed by atoms with Gasteiger partial charge in [0.2, 0.25) is 0 Å². The Bertz CT molecular complexity index is 475. The third-order valence-corrected chi connectivity index (χ3v) is 3.44. The van der Waals surface area contributed by atoms with Crippen molar-refractivity contribution >= 4 is 12.0 Å². The molecule has 0 saturated heterocycles. The van der Waals surface area contributed by atoms with Crippen LogP contribution in [0.2, 0.25) is 0 Å². The van der Waals surface area contributed by atoms with E-state index in [2.05, 4.69) is 11.0 Å². The molecular formula is C14H16N2O2. The fraction of sp³-hybridized carbons (Fsp3) is 0.429. The number of carbonyl (C=O) groups is 1. The molecular weight excluding hydrogens is 228 g/mol. The molecule has 2 rings (SSSR count). The maximum absolute atomic E-state index is 10.7. The third-order valence-electron chi connectivity index (χ3n) is 3.44. The molecule has 0 aromatic heterocycles. The molecule has 1 N–H and O–H groups in total. The van der Waals surface area contributed by atoms with E-state index in [9.17, 15) is 10.1 Å². The molecule has 0 atom stereocenters. The lowest BCUT2D eigenvalue weighted by atomic mass is 9.90. The van der Waals surface area contributed by atoms with E-state index in [1.54, 1.807) is 18.2 Å². The Balaban J connectivity index is 2.34. The van der Waals surface area contributed by atoms with E-state index in [1.807, 2.05) is 0 Å². The van der Waals surface area contributed by atoms with Crippen LogP contribution in [0.15, 0.2) is 18.2 Å². The molecule has 0 aliphatic heterocycles. The van der Waals surface area contributed by atoms with E-state index in [-0.39, 0.29) is 6.61 Å². The number of carbonyl (C=O) groups excluding carboxylic acids is 1. The van der Waals surface area contributed by atoms with E-state index in [4.69, 9.17) is 5.11 Å². The molecule has 0 radical (unpaired) electrons. The predicted molar refractivity (Wildman–Crippen MR) is 68.6 cm³/mol. The van der Waals surface area contributed by atoms with Crippen molar-refractivity contribution in [2.45, 2.75) is 25.3 Å². The van der Waals surface area contributed by atoms with Gasteiger partial charge in [0.25, 0.3) is 0 Å². The molecule has 0 heterocycles. The summed E-state index contributed by atoms with van der Waals surface area (Å²) in [6.07, 6.45) is 4.13. The normalized spacial score (nSPS) is 14.7. The number of nitrogens with zero attached hydrogens (tertiary/aromatic N) is 2. The predicted octanol–water partition coefficient (Wildman–Crippen LogP) is 1.72. The number of rotatable bonds is 5. The molecule has 0 spiro atoms. The fourth-order valence-corrected chi connectivity index (χ4v) is 2.27. The van der Waals surface area contributed by atoms with Crippen LogP contribution in [-0.4, -0.2) is 30.6 Å². The first-order chi connectivity index (χ1) is 8.80. The van der Waals surface area contributed by atoms with Gasteiger partial charge in [-0.2, -0.15) is 5.26 Å². The van der Waals surface area contributed by atoms with Crippen molar-refractivity contribution < 1.29 is 9.90 Å². The summed E-state index contributed by atoms with van der Waals surface area (Å²) in [6, 6.07) is 7.66. The lowest BCUT2D eigenvalue weighted by molar-refractivity contribution is 0.112. The topological polar surface area (TPSA) is 64.3 Å². The van der Waals surface area contributed by atoms with Crippen LogP contribution in [0.5, 0.6) is 0 Å². The number of hydrogen-bond acceptors (Lipinski definition) is 4. The Labute approximate surface area is 106 Å². The number of anilines is 1. The van der Waals surface area contributed by atoms with Crippen molar-refractivity contribution in [3.05, 3.63) is 29.3 Å². The van der Waals surface area contributed by atoms with Gasteiger partial charge in [0.05, 0.1) is 17.9 Å². The van der Waals surface area contributed by atoms with E-state index >= 15 is 0 Å². The zero-order valence-electron chi connectivity index (χ0n) is 10.2. The first-order valence-electron chi connectivity index (χ1n) is 6.17. The molecule has 4 heteroatoms. The minimum absolute atomic E-state index is 0.0663. The lowest BCUT2D eigenvalue weighted by Crippen LogP contribution is -2.42. The number of aliphatic hydroxyl groups excluding tert-OH is 1. The van der Waals surface area contributed by atoms with E-state index in [1.165, 1.54) is 6.42 Å². The summed E-state index contributed by atoms with van der Waals surface area (Å²) < 4.78 is 0. The molecule has 0 unspecified atom stereocenters. The van der Waals surface area contributed by atoms with Gasteiger partial charge in [0, 0.05) is 18.2 Å². The Hall–Kier alpha value is -1.86. The van der Waals surface area contributed by atoms with Crippen molar-refractivity contribution in [2.75, 3.05) is 18.1 Å². The zero-order valence-corrected chi connectivity index (χ0v) is 10.2. The van der Waals surface area contributed by atoms with Crippen LogP contribution in [0.3, 0.4) is 0 Å². The van der Waals surface area contributed by atoms with Gasteiger partial charge in [-0.15, -0.1) is 0 Å². The SMILES string of the molecule is N#Cc1cc(C=O)ccc1N(CCO)C1CCC1. The fourth-order valence-electron chi connectivity index (χ4n) is 2.27. The number of aldehydes is 1. The molecule has 94 valence electrons. The highest BCUT2D eigenvalue weighted by Crippen LogP contribution is 2.31. The van der Waals surface area contributed by atoms with Crippen LogP contribution in [0.4, 0.5) is 5.69 Å². The third kappa shape index (κ3) is 2.36. The summed E-state index contributed by atoms with van der Waals surface area (Å²) in [4.78, 5) is 12.8. The van der Waals surface area contributed by atoms with Crippen LogP contribution >= 0.6 is 0 Å². The van der Waals surface area contributed by atoms with Gasteiger partial charge in [0.15, 0.2) is 0 Å². The van der Waals surface area contributed by atoms with Crippen molar-refractivity contribution in [1.82, 2.24) is 0 Å². The Morgan fingerprint density at radius 1 is 1.50 bits per heavy atom. The monoisotopic (exact) mass is 244 g/mol. The van der Waals surface area contributed by atoms with Crippen LogP contribution in [0.1, 0.15) is 35.2 Å². The summed E-state index contributed by atoms with van der Waals surface area (Å²) in [6.45, 7) is 0.594. The van der Waals surface area contributed by atoms with Gasteiger partial charge in [0.1, 0.15) is 12.4 Å². The van der Waals surface area contributed by atoms with Gasteiger partial charge in [-0.1, -0.05) is 0 Å². The molecule has 1 aromatic carbocycles. The average Bonchev–Trinajstić information content (AvgIpc) is 2.35. The minimum atomic E-state index is 0.0663. The summed E-state index contributed by atoms with van der Waals surface area (Å²) >= 11 is 0. The molecule has 1 fully saturated rings. The molecule has 0 bridgehead atoms. The number of hydrogen-bond donors (Lipinski definition) is 1. The number of benzene rings is 1. The Kier molecular flexibility index (Phi) is 3.96. The highest BCUT2D eigenvalue weighted by atomic mass is 16.3. The van der Waals surface area contributed by atoms with Crippen molar-refractivity contribution in [3.63, 3.8) is 0 Å². The summed E-state index contributed by atoms with van der Waals surface area (Å²) in [5.41, 5.74) is 1.83. The molecule has 1 aliphatic rings. The van der Waals surface area contributed by atoms with Gasteiger partial charge >= 0.3 is 0 Å². The summed E-state index contributed by atoms with van der Waals surface area (Å²) in [5, 5.41) is 18.3. The summed E-state index contributed by atoms with van der Waals surface area (Å²) in [7, 11) is 0. The maximum atomic E-state index is 10.7. The average molecular weight is 244 g/mol. The molecule has 1 aromatic rings. The number of nitriles is 1. The van der Waals surface area contributed by atoms with Gasteiger partial charge < -0.3 is 10.0 Å². The van der Waals surface area contributed by atoms with Crippen molar-refractivity contribution in [2.24, 2.45) is 0 Å². The van der Waals surface area contributed by atoms with Gasteiger partial charge in [-0.3, -0.25) is 4.79 Å². The second kappa shape index (κ2) is 5.65. The first kappa shape index (κ1) is 12.6. The smallest absolute Gasteiger partial charge is 0.150 e. The van der Waals surface area contributed by atoms with E-state index in [0.717, 1.165) is 24.8 Å².